The van der Waals surface area contributed by atoms with Crippen LogP contribution in [0.15, 0.2) is 48.6 Å². The van der Waals surface area contributed by atoms with Gasteiger partial charge in [-0.25, -0.2) is 9.97 Å². The Labute approximate surface area is 345 Å². The number of nitrogens with two attached hydrogens (primary N) is 2. The summed E-state index contributed by atoms with van der Waals surface area (Å²) in [5.41, 5.74) is 16.0. The van der Waals surface area contributed by atoms with Gasteiger partial charge in [0.15, 0.2) is 6.23 Å². The van der Waals surface area contributed by atoms with E-state index in [4.69, 9.17) is 30.9 Å². The number of aryl methyl sites for hydroxylation is 4. The lowest BCUT2D eigenvalue weighted by Crippen LogP contribution is -2.20. The molecular formula is C41H50N12O7. The van der Waals surface area contributed by atoms with E-state index in [0.717, 1.165) is 18.5 Å². The van der Waals surface area contributed by atoms with E-state index < -0.39 is 23.9 Å². The van der Waals surface area contributed by atoms with Crippen LogP contribution in [-0.2, 0) is 26.2 Å². The van der Waals surface area contributed by atoms with E-state index in [2.05, 4.69) is 20.8 Å². The molecule has 1 aliphatic carbocycles. The van der Waals surface area contributed by atoms with Gasteiger partial charge < -0.3 is 45.6 Å². The molecule has 0 saturated heterocycles. The van der Waals surface area contributed by atoms with E-state index in [1.807, 2.05) is 37.5 Å². The highest BCUT2D eigenvalue weighted by molar-refractivity contribution is 6.04. The van der Waals surface area contributed by atoms with Crippen LogP contribution in [0.3, 0.4) is 0 Å². The van der Waals surface area contributed by atoms with Crippen molar-refractivity contribution < 1.29 is 34.1 Å². The Bertz CT molecular complexity index is 2600. The fraction of sp³-hybridized carbons (Fsp3) is 0.390. The van der Waals surface area contributed by atoms with Crippen molar-refractivity contribution in [3.05, 3.63) is 82.5 Å². The summed E-state index contributed by atoms with van der Waals surface area (Å²) in [6, 6.07) is 9.73. The van der Waals surface area contributed by atoms with E-state index in [-0.39, 0.29) is 49.1 Å². The van der Waals surface area contributed by atoms with Crippen LogP contribution in [0.1, 0.15) is 87.6 Å². The van der Waals surface area contributed by atoms with Crippen LogP contribution < -0.4 is 31.6 Å². The maximum Gasteiger partial charge on any atom is 0.276 e. The van der Waals surface area contributed by atoms with Gasteiger partial charge in [-0.05, 0) is 82.9 Å². The monoisotopic (exact) mass is 822 g/mol. The number of aromatic nitrogens is 8. The second-order valence-corrected chi connectivity index (χ2v) is 14.7. The van der Waals surface area contributed by atoms with Crippen LogP contribution >= 0.6 is 0 Å². The van der Waals surface area contributed by atoms with Crippen LogP contribution in [0, 0.1) is 19.8 Å². The van der Waals surface area contributed by atoms with Gasteiger partial charge in [0.1, 0.15) is 28.2 Å². The third-order valence-corrected chi connectivity index (χ3v) is 10.1. The Kier molecular flexibility index (Phi) is 12.2. The number of benzene rings is 2. The molecule has 1 aliphatic rings. The Hall–Kier alpha value is -6.73. The van der Waals surface area contributed by atoms with Crippen molar-refractivity contribution in [2.24, 2.45) is 17.4 Å². The molecule has 0 radical (unpaired) electrons. The first-order chi connectivity index (χ1) is 28.9. The number of primary amides is 2. The average Bonchev–Trinajstić information content (AvgIpc) is 3.50. The number of amides is 3. The molecule has 1 unspecified atom stereocenters. The summed E-state index contributed by atoms with van der Waals surface area (Å²) in [5.74, 6) is -0.172. The average molecular weight is 823 g/mol. The third-order valence-electron chi connectivity index (χ3n) is 10.1. The standard InChI is InChI=1S/C41H50N12O7/c1-5-52-30(16-23(3)48-52)38(57)46-40-44-28-18-26(36(42)55)20-32(59-15-9-14-54)34(28)50(40)12-7-8-13-51-35-29(19-27(37(43)56)21-33(35)60-22-25-10-11-25)45-41(51)47-39(58)31-17-24(4)49-53(31)6-2/h7-8,16-21,25,39,54,58H,5-6,9-15,22H2,1-4H3,(H2,42,55)(H2,43,56)(H,45,47)(H,44,46,57)/b8-7+. The molecule has 4 heterocycles. The number of allylic oxidation sites excluding steroid dienone is 2. The van der Waals surface area contributed by atoms with E-state index in [0.29, 0.717) is 82.9 Å². The summed E-state index contributed by atoms with van der Waals surface area (Å²) in [6.45, 7) is 9.33. The zero-order chi connectivity index (χ0) is 42.7. The zero-order valence-electron chi connectivity index (χ0n) is 34.0. The molecule has 19 heteroatoms. The second kappa shape index (κ2) is 17.6. The van der Waals surface area contributed by atoms with Crippen LogP contribution in [-0.4, -0.2) is 86.4 Å². The number of aliphatic hydroxyl groups is 2. The van der Waals surface area contributed by atoms with Gasteiger partial charge in [0.2, 0.25) is 23.7 Å². The number of hydrogen-bond donors (Lipinski definition) is 6. The number of nitrogens with one attached hydrogen (secondary N) is 2. The van der Waals surface area contributed by atoms with Crippen molar-refractivity contribution in [1.82, 2.24) is 38.7 Å². The topological polar surface area (TPSA) is 258 Å². The van der Waals surface area contributed by atoms with Crippen molar-refractivity contribution in [3.8, 4) is 11.5 Å². The summed E-state index contributed by atoms with van der Waals surface area (Å²) in [7, 11) is 0. The molecule has 8 N–H and O–H groups in total. The zero-order valence-corrected chi connectivity index (χ0v) is 34.0. The van der Waals surface area contributed by atoms with Gasteiger partial charge in [-0.2, -0.15) is 10.2 Å². The molecule has 3 amide bonds. The summed E-state index contributed by atoms with van der Waals surface area (Å²) < 4.78 is 19.2. The molecule has 0 bridgehead atoms. The first kappa shape index (κ1) is 41.4. The van der Waals surface area contributed by atoms with Gasteiger partial charge in [0.25, 0.3) is 5.91 Å². The minimum absolute atomic E-state index is 0.109. The SMILES string of the molecule is CCn1nc(C)cc1C(=O)Nc1nc2cc(C(N)=O)cc(OCCCO)c2n1C/C=C/Cn1c(NC(O)c2cc(C)nn2CC)nc2cc(C(N)=O)cc(OCC3CC3)c21. The minimum Gasteiger partial charge on any atom is -0.491 e. The smallest absolute Gasteiger partial charge is 0.276 e. The number of anilines is 2. The van der Waals surface area contributed by atoms with E-state index >= 15 is 0 Å². The van der Waals surface area contributed by atoms with Gasteiger partial charge in [0.05, 0.1) is 41.3 Å². The lowest BCUT2D eigenvalue weighted by Gasteiger charge is -2.17. The highest BCUT2D eigenvalue weighted by atomic mass is 16.5. The summed E-state index contributed by atoms with van der Waals surface area (Å²) in [6.07, 6.45) is 4.98. The number of fused-ring (bicyclic) bond motifs is 2. The predicted molar refractivity (Wildman–Crippen MR) is 223 cm³/mol. The van der Waals surface area contributed by atoms with Crippen molar-refractivity contribution in [2.75, 3.05) is 30.5 Å². The maximum atomic E-state index is 13.7. The highest BCUT2D eigenvalue weighted by Crippen LogP contribution is 2.36. The third kappa shape index (κ3) is 8.81. The molecule has 4 aromatic heterocycles. The van der Waals surface area contributed by atoms with Crippen molar-refractivity contribution in [2.45, 2.75) is 79.4 Å². The maximum absolute atomic E-state index is 13.7. The van der Waals surface area contributed by atoms with E-state index in [9.17, 15) is 24.6 Å². The Morgan fingerprint density at radius 2 is 1.40 bits per heavy atom. The molecule has 1 atom stereocenters. The lowest BCUT2D eigenvalue weighted by atomic mass is 10.1. The van der Waals surface area contributed by atoms with Gasteiger partial charge in [-0.1, -0.05) is 12.2 Å². The molecule has 6 aromatic rings. The molecular weight excluding hydrogens is 773 g/mol. The number of rotatable bonds is 20. The number of ether oxygens (including phenoxy) is 2. The second-order valence-electron chi connectivity index (χ2n) is 14.7. The number of carbonyl (C=O) groups excluding carboxylic acids is 3. The molecule has 1 saturated carbocycles. The van der Waals surface area contributed by atoms with Crippen molar-refractivity contribution in [3.63, 3.8) is 0 Å². The molecule has 1 fully saturated rings. The molecule has 19 nitrogen and oxygen atoms in total. The Morgan fingerprint density at radius 3 is 1.98 bits per heavy atom. The van der Waals surface area contributed by atoms with E-state index in [1.165, 1.54) is 12.1 Å². The largest absolute Gasteiger partial charge is 0.491 e. The molecule has 0 spiro atoms. The lowest BCUT2D eigenvalue weighted by molar-refractivity contribution is 0.0991. The van der Waals surface area contributed by atoms with Crippen LogP contribution in [0.4, 0.5) is 11.9 Å². The fourth-order valence-corrected chi connectivity index (χ4v) is 6.99. The highest BCUT2D eigenvalue weighted by Gasteiger charge is 2.26. The first-order valence-corrected chi connectivity index (χ1v) is 19.9. The normalized spacial score (nSPS) is 13.4. The van der Waals surface area contributed by atoms with Crippen LogP contribution in [0.2, 0.25) is 0 Å². The van der Waals surface area contributed by atoms with Crippen molar-refractivity contribution in [1.29, 1.82) is 0 Å². The number of hydrogen-bond acceptors (Lipinski definition) is 12. The quantitative estimate of drug-likeness (QED) is 0.0365. The summed E-state index contributed by atoms with van der Waals surface area (Å²) >= 11 is 0. The number of carbonyl (C=O) groups is 3. The Balaban J connectivity index is 1.29. The molecule has 7 rings (SSSR count). The fourth-order valence-electron chi connectivity index (χ4n) is 6.99. The minimum atomic E-state index is -1.19. The number of aliphatic hydroxyl groups excluding tert-OH is 2. The first-order valence-electron chi connectivity index (χ1n) is 19.9. The molecule has 60 heavy (non-hydrogen) atoms. The molecule has 0 aliphatic heterocycles. The van der Waals surface area contributed by atoms with Gasteiger partial charge in [-0.3, -0.25) is 29.1 Å². The summed E-state index contributed by atoms with van der Waals surface area (Å²) in [4.78, 5) is 48.1. The van der Waals surface area contributed by atoms with Gasteiger partial charge >= 0.3 is 0 Å². The Morgan fingerprint density at radius 1 is 0.833 bits per heavy atom. The predicted octanol–water partition coefficient (Wildman–Crippen LogP) is 3.80. The van der Waals surface area contributed by atoms with Gasteiger partial charge in [-0.15, -0.1) is 0 Å². The molecule has 2 aromatic carbocycles. The molecule has 316 valence electrons. The van der Waals surface area contributed by atoms with Crippen LogP contribution in [0.25, 0.3) is 22.1 Å². The van der Waals surface area contributed by atoms with E-state index in [1.54, 1.807) is 45.1 Å². The number of imidazole rings is 2. The van der Waals surface area contributed by atoms with Crippen LogP contribution in [0.5, 0.6) is 11.5 Å². The van der Waals surface area contributed by atoms with Gasteiger partial charge in [0, 0.05) is 50.3 Å². The number of nitrogens with zero attached hydrogens (tertiary/aromatic N) is 8. The van der Waals surface area contributed by atoms with Crippen molar-refractivity contribution >= 4 is 51.7 Å². The summed E-state index contributed by atoms with van der Waals surface area (Å²) in [5, 5.41) is 35.9.